The number of hydrogen-bond acceptors (Lipinski definition) is 5. The maximum Gasteiger partial charge on any atom is 0.427 e. The number of carbonyl (C=O) groups excluding carboxylic acids is 1. The Labute approximate surface area is 137 Å². The van der Waals surface area contributed by atoms with Crippen LogP contribution in [0, 0.1) is 6.92 Å². The Balaban J connectivity index is 1.81. The van der Waals surface area contributed by atoms with E-state index in [4.69, 9.17) is 9.84 Å². The van der Waals surface area contributed by atoms with E-state index in [1.807, 2.05) is 13.0 Å². The van der Waals surface area contributed by atoms with Crippen LogP contribution in [0.25, 0.3) is 0 Å². The van der Waals surface area contributed by atoms with Gasteiger partial charge in [-0.3, -0.25) is 0 Å². The van der Waals surface area contributed by atoms with E-state index >= 15 is 0 Å². The number of piperidine rings is 1. The monoisotopic (exact) mass is 348 g/mol. The van der Waals surface area contributed by atoms with Crippen LogP contribution < -0.4 is 4.74 Å². The van der Waals surface area contributed by atoms with Gasteiger partial charge in [0, 0.05) is 38.2 Å². The maximum absolute atomic E-state index is 12.5. The third kappa shape index (κ3) is 4.98. The molecule has 134 valence electrons. The average molecular weight is 348 g/mol. The number of aryl methyl sites for hydroxylation is 1. The van der Waals surface area contributed by atoms with E-state index < -0.39 is 25.0 Å². The van der Waals surface area contributed by atoms with Crippen molar-refractivity contribution in [2.24, 2.45) is 0 Å². The predicted octanol–water partition coefficient (Wildman–Crippen LogP) is 2.29. The molecule has 1 unspecified atom stereocenters. The Morgan fingerprint density at radius 3 is 2.58 bits per heavy atom. The van der Waals surface area contributed by atoms with Crippen LogP contribution in [0.4, 0.5) is 18.0 Å². The quantitative estimate of drug-likeness (QED) is 0.904. The largest absolute Gasteiger partial charge is 0.474 e. The molecular weight excluding hydrogens is 329 g/mol. The molecule has 1 saturated heterocycles. The highest BCUT2D eigenvalue weighted by molar-refractivity contribution is 5.68. The molecule has 0 aliphatic carbocycles. The fourth-order valence-corrected chi connectivity index (χ4v) is 2.25. The molecule has 0 radical (unpaired) electrons. The molecule has 0 bridgehead atoms. The number of alkyl halides is 3. The number of amides is 1. The summed E-state index contributed by atoms with van der Waals surface area (Å²) in [6, 6.07) is 3.60. The van der Waals surface area contributed by atoms with E-state index in [9.17, 15) is 18.0 Å². The van der Waals surface area contributed by atoms with E-state index in [0.29, 0.717) is 18.7 Å². The Bertz CT molecular complexity index is 543. The molecule has 1 N–H and O–H groups in total. The second kappa shape index (κ2) is 7.69. The fourth-order valence-electron chi connectivity index (χ4n) is 2.25. The van der Waals surface area contributed by atoms with Crippen molar-refractivity contribution in [1.29, 1.82) is 0 Å². The number of rotatable bonds is 4. The number of nitrogens with zero attached hydrogens (tertiary/aromatic N) is 2. The van der Waals surface area contributed by atoms with Crippen LogP contribution in [0.3, 0.4) is 0 Å². The molecule has 6 nitrogen and oxygen atoms in total. The standard InChI is InChI=1S/C15H19F3N2O4/c1-10-2-3-13(19-8-10)23-11-4-6-20(7-5-11)14(22)24-12(9-21)15(16,17)18/h2-3,8,11-12,21H,4-7,9H2,1H3. The lowest BCUT2D eigenvalue weighted by molar-refractivity contribution is -0.214. The number of aliphatic hydroxyl groups is 1. The van der Waals surface area contributed by atoms with Gasteiger partial charge < -0.3 is 19.5 Å². The van der Waals surface area contributed by atoms with Gasteiger partial charge in [0.2, 0.25) is 12.0 Å². The Hall–Kier alpha value is -2.03. The SMILES string of the molecule is Cc1ccc(OC2CCN(C(=O)OC(CO)C(F)(F)F)CC2)nc1. The second-order valence-electron chi connectivity index (χ2n) is 5.57. The molecule has 1 aliphatic rings. The zero-order chi connectivity index (χ0) is 17.7. The summed E-state index contributed by atoms with van der Waals surface area (Å²) in [7, 11) is 0. The maximum atomic E-state index is 12.5. The zero-order valence-corrected chi connectivity index (χ0v) is 13.1. The number of hydrogen-bond donors (Lipinski definition) is 1. The molecule has 1 amide bonds. The number of ether oxygens (including phenoxy) is 2. The van der Waals surface area contributed by atoms with Crippen LogP contribution >= 0.6 is 0 Å². The van der Waals surface area contributed by atoms with Crippen molar-refractivity contribution >= 4 is 6.09 Å². The number of carbonyl (C=O) groups is 1. The molecule has 24 heavy (non-hydrogen) atoms. The van der Waals surface area contributed by atoms with Crippen molar-refractivity contribution in [2.75, 3.05) is 19.7 Å². The third-order valence-corrected chi connectivity index (χ3v) is 3.65. The van der Waals surface area contributed by atoms with Crippen LogP contribution in [-0.2, 0) is 4.74 Å². The summed E-state index contributed by atoms with van der Waals surface area (Å²) in [5.74, 6) is 0.471. The molecular formula is C15H19F3N2O4. The summed E-state index contributed by atoms with van der Waals surface area (Å²) in [4.78, 5) is 17.1. The summed E-state index contributed by atoms with van der Waals surface area (Å²) < 4.78 is 47.5. The second-order valence-corrected chi connectivity index (χ2v) is 5.57. The topological polar surface area (TPSA) is 71.9 Å². The van der Waals surface area contributed by atoms with Gasteiger partial charge in [-0.25, -0.2) is 9.78 Å². The van der Waals surface area contributed by atoms with Crippen LogP contribution in [0.1, 0.15) is 18.4 Å². The third-order valence-electron chi connectivity index (χ3n) is 3.65. The highest BCUT2D eigenvalue weighted by Crippen LogP contribution is 2.24. The van der Waals surface area contributed by atoms with Crippen LogP contribution in [-0.4, -0.2) is 59.2 Å². The van der Waals surface area contributed by atoms with Gasteiger partial charge in [0.1, 0.15) is 6.10 Å². The van der Waals surface area contributed by atoms with Crippen molar-refractivity contribution in [3.05, 3.63) is 23.9 Å². The zero-order valence-electron chi connectivity index (χ0n) is 13.1. The Kier molecular flexibility index (Phi) is 5.87. The molecule has 1 aromatic heterocycles. The lowest BCUT2D eigenvalue weighted by atomic mass is 10.1. The normalized spacial score (nSPS) is 17.5. The predicted molar refractivity (Wildman–Crippen MR) is 77.6 cm³/mol. The first-order chi connectivity index (χ1) is 11.3. The van der Waals surface area contributed by atoms with Crippen molar-refractivity contribution in [3.63, 3.8) is 0 Å². The highest BCUT2D eigenvalue weighted by atomic mass is 19.4. The first-order valence-electron chi connectivity index (χ1n) is 7.52. The van der Waals surface area contributed by atoms with Gasteiger partial charge in [0.15, 0.2) is 0 Å². The first kappa shape index (κ1) is 18.3. The lowest BCUT2D eigenvalue weighted by Gasteiger charge is -2.32. The number of aliphatic hydroxyl groups excluding tert-OH is 1. The van der Waals surface area contributed by atoms with E-state index in [1.165, 1.54) is 4.90 Å². The molecule has 0 spiro atoms. The van der Waals surface area contributed by atoms with E-state index in [1.54, 1.807) is 12.3 Å². The highest BCUT2D eigenvalue weighted by Gasteiger charge is 2.43. The van der Waals surface area contributed by atoms with Gasteiger partial charge in [0.05, 0.1) is 6.61 Å². The number of pyridine rings is 1. The fraction of sp³-hybridized carbons (Fsp3) is 0.600. The van der Waals surface area contributed by atoms with E-state index in [-0.39, 0.29) is 19.2 Å². The first-order valence-corrected chi connectivity index (χ1v) is 7.52. The van der Waals surface area contributed by atoms with Gasteiger partial charge in [-0.1, -0.05) is 6.07 Å². The van der Waals surface area contributed by atoms with Crippen LogP contribution in [0.5, 0.6) is 5.88 Å². The van der Waals surface area contributed by atoms with Gasteiger partial charge in [-0.05, 0) is 12.5 Å². The Morgan fingerprint density at radius 1 is 1.42 bits per heavy atom. The van der Waals surface area contributed by atoms with Gasteiger partial charge in [-0.2, -0.15) is 13.2 Å². The molecule has 1 aliphatic heterocycles. The lowest BCUT2D eigenvalue weighted by Crippen LogP contribution is -2.46. The van der Waals surface area contributed by atoms with Crippen LogP contribution in [0.2, 0.25) is 0 Å². The summed E-state index contributed by atoms with van der Waals surface area (Å²) >= 11 is 0. The number of halogens is 3. The van der Waals surface area contributed by atoms with Crippen molar-refractivity contribution < 1.29 is 32.5 Å². The average Bonchev–Trinajstić information content (AvgIpc) is 2.54. The Morgan fingerprint density at radius 2 is 2.08 bits per heavy atom. The van der Waals surface area contributed by atoms with Crippen LogP contribution in [0.15, 0.2) is 18.3 Å². The molecule has 2 heterocycles. The summed E-state index contributed by atoms with van der Waals surface area (Å²) in [6.07, 6.45) is -5.95. The van der Waals surface area contributed by atoms with Gasteiger partial charge in [0.25, 0.3) is 0 Å². The molecule has 9 heteroatoms. The molecule has 0 saturated carbocycles. The summed E-state index contributed by atoms with van der Waals surface area (Å²) in [5.41, 5.74) is 1.00. The minimum atomic E-state index is -4.79. The van der Waals surface area contributed by atoms with Crippen molar-refractivity contribution in [1.82, 2.24) is 9.88 Å². The molecule has 0 aromatic carbocycles. The van der Waals surface area contributed by atoms with E-state index in [0.717, 1.165) is 5.56 Å². The minimum Gasteiger partial charge on any atom is -0.474 e. The van der Waals surface area contributed by atoms with Gasteiger partial charge in [-0.15, -0.1) is 0 Å². The molecule has 1 aromatic rings. The molecule has 2 rings (SSSR count). The van der Waals surface area contributed by atoms with Crippen molar-refractivity contribution in [2.45, 2.75) is 38.1 Å². The van der Waals surface area contributed by atoms with Crippen molar-refractivity contribution in [3.8, 4) is 5.88 Å². The van der Waals surface area contributed by atoms with Gasteiger partial charge >= 0.3 is 12.3 Å². The number of aromatic nitrogens is 1. The van der Waals surface area contributed by atoms with E-state index in [2.05, 4.69) is 9.72 Å². The summed E-state index contributed by atoms with van der Waals surface area (Å²) in [6.45, 7) is 1.03. The smallest absolute Gasteiger partial charge is 0.427 e. The molecule has 1 fully saturated rings. The summed E-state index contributed by atoms with van der Waals surface area (Å²) in [5, 5.41) is 8.69. The molecule has 1 atom stereocenters. The minimum absolute atomic E-state index is 0.166. The number of likely N-dealkylation sites (tertiary alicyclic amines) is 1.